The monoisotopic (exact) mass is 357 g/mol. The van der Waals surface area contributed by atoms with E-state index in [0.29, 0.717) is 6.42 Å². The van der Waals surface area contributed by atoms with Crippen molar-refractivity contribution in [2.75, 3.05) is 12.3 Å². The van der Waals surface area contributed by atoms with Gasteiger partial charge in [0.2, 0.25) is 0 Å². The number of nitrogen functional groups attached to an aromatic ring is 1. The molecule has 0 bridgehead atoms. The Balaban J connectivity index is 2.02. The average molecular weight is 357 g/mol. The number of aromatic nitrogens is 3. The van der Waals surface area contributed by atoms with Crippen LogP contribution >= 0.6 is 0 Å². The van der Waals surface area contributed by atoms with Crippen molar-refractivity contribution in [2.24, 2.45) is 11.7 Å². The number of nitrogens with two attached hydrogens (primary N) is 2. The summed E-state index contributed by atoms with van der Waals surface area (Å²) in [6.07, 6.45) is -3.34. The molecule has 1 aromatic heterocycles. The van der Waals surface area contributed by atoms with Gasteiger partial charge in [0.15, 0.2) is 6.23 Å². The Kier molecular flexibility index (Phi) is 6.06. The van der Waals surface area contributed by atoms with Crippen LogP contribution in [0.3, 0.4) is 0 Å². The molecule has 6 atom stereocenters. The molecule has 1 unspecified atom stereocenters. The quantitative estimate of drug-likeness (QED) is 0.407. The van der Waals surface area contributed by atoms with E-state index in [1.165, 1.54) is 0 Å². The summed E-state index contributed by atoms with van der Waals surface area (Å²) in [5.74, 6) is -0.782. The van der Waals surface area contributed by atoms with Gasteiger partial charge >= 0.3 is 11.7 Å². The Labute approximate surface area is 143 Å². The molecular formula is C14H23N5O6. The van der Waals surface area contributed by atoms with Crippen LogP contribution in [0.2, 0.25) is 0 Å². The zero-order chi connectivity index (χ0) is 18.7. The van der Waals surface area contributed by atoms with Gasteiger partial charge in [0.25, 0.3) is 0 Å². The Morgan fingerprint density at radius 2 is 2.16 bits per heavy atom. The standard InChI is InChI=1S/C14H23N5O6/c1-3-6(2)9(16)13(22)24-5-7-10(20)11(21)12(25-7)19-14(23)18-8(15)4-17-19/h4,6-7,9-12,20-21H,3,5,16H2,1-2H3,(H2,15,18,23)/t6-,7+,9-,10-,11?,12+/m0/s1. The first-order chi connectivity index (χ1) is 11.8. The molecular weight excluding hydrogens is 334 g/mol. The number of rotatable bonds is 6. The summed E-state index contributed by atoms with van der Waals surface area (Å²) < 4.78 is 11.2. The van der Waals surface area contributed by atoms with E-state index in [4.69, 9.17) is 20.9 Å². The van der Waals surface area contributed by atoms with Crippen molar-refractivity contribution in [2.45, 2.75) is 50.8 Å². The molecule has 0 saturated carbocycles. The van der Waals surface area contributed by atoms with Gasteiger partial charge in [-0.05, 0) is 5.92 Å². The first-order valence-corrected chi connectivity index (χ1v) is 7.91. The van der Waals surface area contributed by atoms with Gasteiger partial charge in [0, 0.05) is 0 Å². The van der Waals surface area contributed by atoms with Gasteiger partial charge in [-0.3, -0.25) is 4.79 Å². The van der Waals surface area contributed by atoms with E-state index in [1.807, 2.05) is 13.8 Å². The lowest BCUT2D eigenvalue weighted by Crippen LogP contribution is -2.41. The molecule has 1 fully saturated rings. The predicted molar refractivity (Wildman–Crippen MR) is 85.0 cm³/mol. The number of esters is 1. The molecule has 25 heavy (non-hydrogen) atoms. The van der Waals surface area contributed by atoms with Gasteiger partial charge in [0.05, 0.1) is 6.20 Å². The second-order valence-electron chi connectivity index (χ2n) is 6.00. The van der Waals surface area contributed by atoms with Crippen molar-refractivity contribution in [3.8, 4) is 0 Å². The molecule has 6 N–H and O–H groups in total. The molecule has 1 aromatic rings. The van der Waals surface area contributed by atoms with Gasteiger partial charge in [-0.15, -0.1) is 0 Å². The summed E-state index contributed by atoms with van der Waals surface area (Å²) in [6.45, 7) is 3.39. The number of anilines is 1. The fraction of sp³-hybridized carbons (Fsp3) is 0.714. The number of carbonyl (C=O) groups is 1. The number of hydrogen-bond acceptors (Lipinski definition) is 10. The Hall–Kier alpha value is -2.08. The predicted octanol–water partition coefficient (Wildman–Crippen LogP) is -2.24. The topological polar surface area (TPSA) is 176 Å². The third-order valence-electron chi connectivity index (χ3n) is 4.23. The van der Waals surface area contributed by atoms with Crippen LogP contribution in [-0.4, -0.2) is 61.9 Å². The lowest BCUT2D eigenvalue weighted by molar-refractivity contribution is -0.153. The third-order valence-corrected chi connectivity index (χ3v) is 4.23. The van der Waals surface area contributed by atoms with E-state index < -0.39 is 42.2 Å². The first-order valence-electron chi connectivity index (χ1n) is 7.91. The maximum Gasteiger partial charge on any atom is 0.368 e. The molecule has 11 nitrogen and oxygen atoms in total. The molecule has 2 heterocycles. The number of hydrogen-bond donors (Lipinski definition) is 4. The fourth-order valence-electron chi connectivity index (χ4n) is 2.35. The summed E-state index contributed by atoms with van der Waals surface area (Å²) in [5, 5.41) is 23.9. The van der Waals surface area contributed by atoms with Crippen LogP contribution < -0.4 is 17.2 Å². The van der Waals surface area contributed by atoms with Crippen LogP contribution in [0.4, 0.5) is 5.82 Å². The fourth-order valence-corrected chi connectivity index (χ4v) is 2.35. The van der Waals surface area contributed by atoms with Crippen LogP contribution in [0, 0.1) is 5.92 Å². The molecule has 0 amide bonds. The van der Waals surface area contributed by atoms with Gasteiger partial charge in [-0.1, -0.05) is 20.3 Å². The molecule has 140 valence electrons. The molecule has 0 aromatic carbocycles. The van der Waals surface area contributed by atoms with Crippen molar-refractivity contribution in [3.63, 3.8) is 0 Å². The number of aliphatic hydroxyl groups is 2. The minimum atomic E-state index is -1.46. The first kappa shape index (κ1) is 19.2. The van der Waals surface area contributed by atoms with Crippen LogP contribution in [-0.2, 0) is 14.3 Å². The summed E-state index contributed by atoms with van der Waals surface area (Å²) in [4.78, 5) is 27.2. The molecule has 0 radical (unpaired) electrons. The van der Waals surface area contributed by atoms with E-state index >= 15 is 0 Å². The van der Waals surface area contributed by atoms with E-state index in [1.54, 1.807) is 0 Å². The second kappa shape index (κ2) is 7.87. The SMILES string of the molecule is CC[C@H](C)[C@H](N)C(=O)OC[C@H]1O[C@@H](n2ncc(N)nc2=O)C(O)[C@H]1O. The van der Waals surface area contributed by atoms with Crippen LogP contribution in [0.15, 0.2) is 11.0 Å². The summed E-state index contributed by atoms with van der Waals surface area (Å²) >= 11 is 0. The van der Waals surface area contributed by atoms with Crippen molar-refractivity contribution >= 4 is 11.8 Å². The highest BCUT2D eigenvalue weighted by molar-refractivity contribution is 5.75. The molecule has 1 saturated heterocycles. The average Bonchev–Trinajstić information content (AvgIpc) is 2.86. The molecule has 1 aliphatic rings. The summed E-state index contributed by atoms with van der Waals surface area (Å²) in [7, 11) is 0. The molecule has 0 aliphatic carbocycles. The summed E-state index contributed by atoms with van der Waals surface area (Å²) in [5.41, 5.74) is 10.3. The van der Waals surface area contributed by atoms with Gasteiger partial charge < -0.3 is 31.2 Å². The lowest BCUT2D eigenvalue weighted by atomic mass is 10.0. The van der Waals surface area contributed by atoms with Crippen molar-refractivity contribution in [1.29, 1.82) is 0 Å². The largest absolute Gasteiger partial charge is 0.462 e. The van der Waals surface area contributed by atoms with Crippen LogP contribution in [0.5, 0.6) is 0 Å². The molecule has 0 spiro atoms. The maximum atomic E-state index is 11.9. The Morgan fingerprint density at radius 3 is 2.76 bits per heavy atom. The van der Waals surface area contributed by atoms with Crippen LogP contribution in [0.1, 0.15) is 26.5 Å². The van der Waals surface area contributed by atoms with Gasteiger partial charge in [-0.25, -0.2) is 4.79 Å². The highest BCUT2D eigenvalue weighted by atomic mass is 16.6. The van der Waals surface area contributed by atoms with Gasteiger partial charge in [-0.2, -0.15) is 14.8 Å². The lowest BCUT2D eigenvalue weighted by Gasteiger charge is -2.19. The van der Waals surface area contributed by atoms with E-state index in [-0.39, 0.29) is 18.3 Å². The zero-order valence-electron chi connectivity index (χ0n) is 14.0. The Morgan fingerprint density at radius 1 is 1.48 bits per heavy atom. The number of nitrogens with zero attached hydrogens (tertiary/aromatic N) is 3. The minimum Gasteiger partial charge on any atom is -0.462 e. The molecule has 1 aliphatic heterocycles. The van der Waals surface area contributed by atoms with Gasteiger partial charge in [0.1, 0.15) is 36.8 Å². The highest BCUT2D eigenvalue weighted by Gasteiger charge is 2.45. The second-order valence-corrected chi connectivity index (χ2v) is 6.00. The smallest absolute Gasteiger partial charge is 0.368 e. The van der Waals surface area contributed by atoms with E-state index in [9.17, 15) is 19.8 Å². The van der Waals surface area contributed by atoms with Crippen LogP contribution in [0.25, 0.3) is 0 Å². The maximum absolute atomic E-state index is 11.9. The normalized spacial score (nSPS) is 28.5. The number of aliphatic hydroxyl groups excluding tert-OH is 2. The van der Waals surface area contributed by atoms with E-state index in [0.717, 1.165) is 10.9 Å². The third kappa shape index (κ3) is 4.12. The van der Waals surface area contributed by atoms with Crippen molar-refractivity contribution in [3.05, 3.63) is 16.7 Å². The van der Waals surface area contributed by atoms with Crippen molar-refractivity contribution in [1.82, 2.24) is 14.8 Å². The minimum absolute atomic E-state index is 0.0658. The number of carbonyl (C=O) groups excluding carboxylic acids is 1. The number of ether oxygens (including phenoxy) is 2. The summed E-state index contributed by atoms with van der Waals surface area (Å²) in [6, 6.07) is -0.796. The van der Waals surface area contributed by atoms with E-state index in [2.05, 4.69) is 10.1 Å². The zero-order valence-corrected chi connectivity index (χ0v) is 14.0. The highest BCUT2D eigenvalue weighted by Crippen LogP contribution is 2.28. The molecule has 2 rings (SSSR count). The molecule has 11 heteroatoms. The Bertz CT molecular complexity index is 667. The van der Waals surface area contributed by atoms with Crippen molar-refractivity contribution < 1.29 is 24.5 Å².